The molecule has 1 heterocycles. The summed E-state index contributed by atoms with van der Waals surface area (Å²) >= 11 is 1.06. The van der Waals surface area contributed by atoms with Gasteiger partial charge in [-0.3, -0.25) is 14.4 Å². The van der Waals surface area contributed by atoms with Gasteiger partial charge < -0.3 is 15.0 Å². The summed E-state index contributed by atoms with van der Waals surface area (Å²) in [6.07, 6.45) is 4.41. The highest BCUT2D eigenvalue weighted by Crippen LogP contribution is 2.30. The first-order valence-electron chi connectivity index (χ1n) is 9.82. The molecule has 2 amide bonds. The zero-order valence-corrected chi connectivity index (χ0v) is 17.5. The molecule has 2 aliphatic rings. The number of aryl methyl sites for hydroxylation is 2. The van der Waals surface area contributed by atoms with Crippen molar-refractivity contribution in [2.45, 2.75) is 56.9 Å². The number of carbonyl (C=O) groups excluding carboxylic acids is 3. The van der Waals surface area contributed by atoms with Crippen LogP contribution in [0.15, 0.2) is 17.0 Å². The first-order chi connectivity index (χ1) is 13.9. The Morgan fingerprint density at radius 3 is 2.55 bits per heavy atom. The van der Waals surface area contributed by atoms with Gasteiger partial charge in [-0.25, -0.2) is 0 Å². The van der Waals surface area contributed by atoms with Gasteiger partial charge in [-0.05, 0) is 61.7 Å². The maximum absolute atomic E-state index is 12.3. The van der Waals surface area contributed by atoms with Crippen molar-refractivity contribution in [3.63, 3.8) is 0 Å². The lowest BCUT2D eigenvalue weighted by atomic mass is 10.1. The monoisotopic (exact) mass is 415 g/mol. The molecular weight excluding hydrogens is 390 g/mol. The second-order valence-electron chi connectivity index (χ2n) is 7.67. The minimum atomic E-state index is -0.498. The quantitative estimate of drug-likeness (QED) is 0.435. The number of amides is 2. The average Bonchev–Trinajstić information content (AvgIpc) is 3.32. The molecule has 1 aliphatic carbocycles. The van der Waals surface area contributed by atoms with Crippen LogP contribution in [0.1, 0.15) is 43.2 Å². The van der Waals surface area contributed by atoms with Gasteiger partial charge in [-0.2, -0.15) is 5.26 Å². The van der Waals surface area contributed by atoms with E-state index in [0.717, 1.165) is 53.5 Å². The molecular formula is C21H25N3O4S. The number of anilines is 1. The average molecular weight is 416 g/mol. The Morgan fingerprint density at radius 2 is 1.93 bits per heavy atom. The number of hydrogen-bond acceptors (Lipinski definition) is 6. The van der Waals surface area contributed by atoms with Crippen molar-refractivity contribution in [2.75, 3.05) is 18.5 Å². The van der Waals surface area contributed by atoms with Crippen LogP contribution in [0.4, 0.5) is 5.69 Å². The predicted octanol–water partition coefficient (Wildman–Crippen LogP) is 3.15. The largest absolute Gasteiger partial charge is 0.455 e. The van der Waals surface area contributed by atoms with Crippen LogP contribution in [0.3, 0.4) is 0 Å². The highest BCUT2D eigenvalue weighted by Gasteiger charge is 2.39. The summed E-state index contributed by atoms with van der Waals surface area (Å²) in [7, 11) is 0. The Morgan fingerprint density at radius 1 is 1.28 bits per heavy atom. The van der Waals surface area contributed by atoms with Crippen molar-refractivity contribution in [3.8, 4) is 5.40 Å². The summed E-state index contributed by atoms with van der Waals surface area (Å²) < 4.78 is 5.18. The minimum absolute atomic E-state index is 0.00452. The molecule has 29 heavy (non-hydrogen) atoms. The molecule has 1 saturated carbocycles. The van der Waals surface area contributed by atoms with Crippen molar-refractivity contribution in [2.24, 2.45) is 5.92 Å². The van der Waals surface area contributed by atoms with Gasteiger partial charge in [0.2, 0.25) is 5.91 Å². The van der Waals surface area contributed by atoms with Gasteiger partial charge in [-0.15, -0.1) is 0 Å². The summed E-state index contributed by atoms with van der Waals surface area (Å²) in [5.74, 6) is -1.42. The topological polar surface area (TPSA) is 99.5 Å². The second-order valence-corrected chi connectivity index (χ2v) is 8.52. The molecule has 0 aromatic heterocycles. The number of hydrogen-bond donors (Lipinski definition) is 1. The lowest BCUT2D eigenvalue weighted by Crippen LogP contribution is -2.35. The maximum Gasteiger partial charge on any atom is 0.311 e. The summed E-state index contributed by atoms with van der Waals surface area (Å²) in [4.78, 5) is 39.4. The molecule has 0 bridgehead atoms. The van der Waals surface area contributed by atoms with E-state index in [1.807, 2.05) is 36.3 Å². The molecule has 0 radical (unpaired) electrons. The van der Waals surface area contributed by atoms with Crippen LogP contribution in [-0.4, -0.2) is 41.9 Å². The van der Waals surface area contributed by atoms with Crippen molar-refractivity contribution >= 4 is 35.2 Å². The summed E-state index contributed by atoms with van der Waals surface area (Å²) in [6.45, 7) is 3.69. The molecule has 1 saturated heterocycles. The smallest absolute Gasteiger partial charge is 0.311 e. The number of nitrogens with zero attached hydrogens (tertiary/aromatic N) is 2. The number of benzene rings is 1. The maximum atomic E-state index is 12.3. The van der Waals surface area contributed by atoms with E-state index in [0.29, 0.717) is 12.2 Å². The van der Waals surface area contributed by atoms with Gasteiger partial charge in [0, 0.05) is 29.6 Å². The van der Waals surface area contributed by atoms with Gasteiger partial charge in [0.05, 0.1) is 5.92 Å². The van der Waals surface area contributed by atoms with E-state index in [1.54, 1.807) is 0 Å². The van der Waals surface area contributed by atoms with E-state index in [-0.39, 0.29) is 25.0 Å². The van der Waals surface area contributed by atoms with E-state index in [4.69, 9.17) is 10.00 Å². The molecule has 154 valence electrons. The van der Waals surface area contributed by atoms with Crippen molar-refractivity contribution in [1.29, 1.82) is 5.26 Å². The van der Waals surface area contributed by atoms with Gasteiger partial charge in [0.1, 0.15) is 5.40 Å². The number of nitrogens with one attached hydrogen (secondary N) is 1. The van der Waals surface area contributed by atoms with Gasteiger partial charge in [-0.1, -0.05) is 12.8 Å². The number of thioether (sulfide) groups is 1. The molecule has 1 aromatic rings. The fraction of sp³-hybridized carbons (Fsp3) is 0.524. The van der Waals surface area contributed by atoms with Crippen LogP contribution in [0, 0.1) is 30.4 Å². The molecule has 1 aromatic carbocycles. The standard InChI is InChI=1S/C21H25N3O4S/c1-13-7-17(29-12-22)8-14(2)20(13)23-18(25)11-28-21(27)15-9-19(26)24(10-15)16-5-3-4-6-16/h7-8,15-16H,3-6,9-11H2,1-2H3,(H,23,25)/t15-/m0/s1. The number of nitriles is 1. The fourth-order valence-corrected chi connectivity index (χ4v) is 4.70. The van der Waals surface area contributed by atoms with Crippen LogP contribution in [0.5, 0.6) is 0 Å². The van der Waals surface area contributed by atoms with Crippen molar-refractivity contribution in [3.05, 3.63) is 23.3 Å². The van der Waals surface area contributed by atoms with Crippen LogP contribution in [-0.2, 0) is 19.1 Å². The Bertz CT molecular complexity index is 835. The van der Waals surface area contributed by atoms with Gasteiger partial charge in [0.15, 0.2) is 6.61 Å². The molecule has 7 nitrogen and oxygen atoms in total. The zero-order chi connectivity index (χ0) is 21.0. The molecule has 1 atom stereocenters. The summed E-state index contributed by atoms with van der Waals surface area (Å²) in [5, 5.41) is 13.6. The third-order valence-corrected chi connectivity index (χ3v) is 6.10. The lowest BCUT2D eigenvalue weighted by Gasteiger charge is -2.23. The number of thiocyanates is 1. The molecule has 1 aliphatic heterocycles. The minimum Gasteiger partial charge on any atom is -0.455 e. The summed E-state index contributed by atoms with van der Waals surface area (Å²) in [5.41, 5.74) is 2.31. The van der Waals surface area contributed by atoms with E-state index in [1.165, 1.54) is 0 Å². The lowest BCUT2D eigenvalue weighted by molar-refractivity contribution is -0.151. The van der Waals surface area contributed by atoms with Gasteiger partial charge >= 0.3 is 5.97 Å². The van der Waals surface area contributed by atoms with Crippen molar-refractivity contribution in [1.82, 2.24) is 4.90 Å². The normalized spacial score (nSPS) is 19.3. The van der Waals surface area contributed by atoms with E-state index >= 15 is 0 Å². The highest BCUT2D eigenvalue weighted by molar-refractivity contribution is 8.03. The third kappa shape index (κ3) is 5.10. The SMILES string of the molecule is Cc1cc(SC#N)cc(C)c1NC(=O)COC(=O)[C@H]1CC(=O)N(C2CCCC2)C1. The molecule has 1 N–H and O–H groups in total. The molecule has 2 fully saturated rings. The van der Waals surface area contributed by atoms with E-state index < -0.39 is 17.8 Å². The molecule has 3 rings (SSSR count). The number of ether oxygens (including phenoxy) is 1. The molecule has 0 spiro atoms. The predicted molar refractivity (Wildman–Crippen MR) is 109 cm³/mol. The van der Waals surface area contributed by atoms with E-state index in [2.05, 4.69) is 5.32 Å². The van der Waals surface area contributed by atoms with E-state index in [9.17, 15) is 14.4 Å². The Kier molecular flexibility index (Phi) is 6.80. The number of likely N-dealkylation sites (tertiary alicyclic amines) is 1. The van der Waals surface area contributed by atoms with Crippen LogP contribution >= 0.6 is 11.8 Å². The number of esters is 1. The molecule has 8 heteroatoms. The molecule has 0 unspecified atom stereocenters. The number of carbonyl (C=O) groups is 3. The Hall–Kier alpha value is -2.53. The highest BCUT2D eigenvalue weighted by atomic mass is 32.2. The summed E-state index contributed by atoms with van der Waals surface area (Å²) in [6, 6.07) is 3.89. The first kappa shape index (κ1) is 21.2. The van der Waals surface area contributed by atoms with Crippen molar-refractivity contribution < 1.29 is 19.1 Å². The van der Waals surface area contributed by atoms with Gasteiger partial charge in [0.25, 0.3) is 5.91 Å². The first-order valence-corrected chi connectivity index (χ1v) is 10.6. The Balaban J connectivity index is 1.51. The van der Waals surface area contributed by atoms with Crippen LogP contribution in [0.2, 0.25) is 0 Å². The van der Waals surface area contributed by atoms with Crippen LogP contribution in [0.25, 0.3) is 0 Å². The third-order valence-electron chi connectivity index (χ3n) is 5.54. The zero-order valence-electron chi connectivity index (χ0n) is 16.7. The second kappa shape index (κ2) is 9.31. The number of rotatable bonds is 6. The fourth-order valence-electron chi connectivity index (χ4n) is 4.12. The Labute approximate surface area is 174 Å². The van der Waals surface area contributed by atoms with Crippen LogP contribution < -0.4 is 5.32 Å².